The summed E-state index contributed by atoms with van der Waals surface area (Å²) in [6.45, 7) is 3.45. The second-order valence-corrected chi connectivity index (χ2v) is 5.23. The molecule has 0 saturated carbocycles. The highest BCUT2D eigenvalue weighted by molar-refractivity contribution is 5.76. The molecule has 3 N–H and O–H groups in total. The van der Waals surface area contributed by atoms with Crippen LogP contribution >= 0.6 is 0 Å². The van der Waals surface area contributed by atoms with Crippen molar-refractivity contribution < 1.29 is 5.11 Å². The maximum Gasteiger partial charge on any atom is 0.328 e. The van der Waals surface area contributed by atoms with Crippen LogP contribution in [0.5, 0.6) is 0 Å². The molecular formula is C15H24N4O2. The highest BCUT2D eigenvalue weighted by Crippen LogP contribution is 2.13. The minimum absolute atomic E-state index is 0.00469. The second kappa shape index (κ2) is 7.40. The highest BCUT2D eigenvalue weighted by atomic mass is 16.3. The third kappa shape index (κ3) is 3.72. The van der Waals surface area contributed by atoms with Crippen molar-refractivity contribution in [3.63, 3.8) is 0 Å². The Kier molecular flexibility index (Phi) is 5.55. The van der Waals surface area contributed by atoms with Gasteiger partial charge in [0.2, 0.25) is 0 Å². The van der Waals surface area contributed by atoms with Crippen molar-refractivity contribution in [3.8, 4) is 0 Å². The van der Waals surface area contributed by atoms with Crippen LogP contribution in [-0.4, -0.2) is 40.5 Å². The third-order valence-electron chi connectivity index (χ3n) is 3.66. The number of hydrogen-bond acceptors (Lipinski definition) is 4. The molecule has 0 aliphatic heterocycles. The van der Waals surface area contributed by atoms with Crippen LogP contribution in [0.15, 0.2) is 23.0 Å². The Morgan fingerprint density at radius 3 is 2.52 bits per heavy atom. The fraction of sp³-hybridized carbons (Fsp3) is 0.533. The lowest BCUT2D eigenvalue weighted by Crippen LogP contribution is -2.23. The molecule has 2 aromatic rings. The average Bonchev–Trinajstić information content (AvgIpc) is 2.71. The Bertz CT molecular complexity index is 645. The van der Waals surface area contributed by atoms with Crippen molar-refractivity contribution in [1.82, 2.24) is 19.8 Å². The molecule has 116 valence electrons. The summed E-state index contributed by atoms with van der Waals surface area (Å²) in [5.74, 6) is 0. The van der Waals surface area contributed by atoms with E-state index in [1.807, 2.05) is 6.07 Å². The van der Waals surface area contributed by atoms with E-state index in [-0.39, 0.29) is 12.3 Å². The van der Waals surface area contributed by atoms with E-state index in [1.165, 1.54) is 5.56 Å². The average molecular weight is 292 g/mol. The summed E-state index contributed by atoms with van der Waals surface area (Å²) in [5, 5.41) is 15.2. The van der Waals surface area contributed by atoms with Crippen LogP contribution in [-0.2, 0) is 20.6 Å². The molecule has 0 bridgehead atoms. The van der Waals surface area contributed by atoms with E-state index in [4.69, 9.17) is 5.11 Å². The minimum Gasteiger partial charge on any atom is -0.395 e. The molecule has 0 radical (unpaired) electrons. The summed E-state index contributed by atoms with van der Waals surface area (Å²) in [6, 6.07) is 6.11. The molecule has 1 aromatic carbocycles. The molecule has 0 unspecified atom stereocenters. The molecule has 6 nitrogen and oxygen atoms in total. The number of imidazole rings is 1. The van der Waals surface area contributed by atoms with Crippen molar-refractivity contribution in [2.45, 2.75) is 13.0 Å². The van der Waals surface area contributed by atoms with Crippen molar-refractivity contribution in [1.29, 1.82) is 0 Å². The Balaban J connectivity index is 1.89. The molecule has 1 heterocycles. The van der Waals surface area contributed by atoms with Crippen molar-refractivity contribution in [2.75, 3.05) is 26.2 Å². The van der Waals surface area contributed by atoms with Gasteiger partial charge in [-0.15, -0.1) is 0 Å². The van der Waals surface area contributed by atoms with Crippen LogP contribution in [0, 0.1) is 0 Å². The van der Waals surface area contributed by atoms with E-state index in [0.29, 0.717) is 6.54 Å². The standard InChI is InChI=1S/C15H24N4O2/c1-18-13-5-4-12(10-14(13)19(2)15(18)21)11-17-7-3-6-16-8-9-20/h4-5,10,16-17,20H,3,6-9,11H2,1-2H3. The number of aromatic nitrogens is 2. The molecule has 0 amide bonds. The second-order valence-electron chi connectivity index (χ2n) is 5.23. The van der Waals surface area contributed by atoms with Gasteiger partial charge in [0.25, 0.3) is 0 Å². The molecule has 1 aromatic heterocycles. The van der Waals surface area contributed by atoms with Gasteiger partial charge in [-0.05, 0) is 37.2 Å². The maximum absolute atomic E-state index is 11.9. The first-order chi connectivity index (χ1) is 10.1. The number of nitrogens with zero attached hydrogens (tertiary/aromatic N) is 2. The van der Waals surface area contributed by atoms with Crippen LogP contribution in [0.25, 0.3) is 11.0 Å². The maximum atomic E-state index is 11.9. The van der Waals surface area contributed by atoms with E-state index in [9.17, 15) is 4.79 Å². The van der Waals surface area contributed by atoms with E-state index < -0.39 is 0 Å². The zero-order chi connectivity index (χ0) is 15.2. The normalized spacial score (nSPS) is 11.4. The lowest BCUT2D eigenvalue weighted by Gasteiger charge is -2.06. The van der Waals surface area contributed by atoms with E-state index >= 15 is 0 Å². The summed E-state index contributed by atoms with van der Waals surface area (Å²) in [4.78, 5) is 11.9. The monoisotopic (exact) mass is 292 g/mol. The van der Waals surface area contributed by atoms with Crippen molar-refractivity contribution >= 4 is 11.0 Å². The van der Waals surface area contributed by atoms with Gasteiger partial charge in [0.1, 0.15) is 0 Å². The zero-order valence-corrected chi connectivity index (χ0v) is 12.7. The molecule has 0 aliphatic carbocycles. The minimum atomic E-state index is 0.00469. The Labute approximate surface area is 124 Å². The first-order valence-corrected chi connectivity index (χ1v) is 7.32. The third-order valence-corrected chi connectivity index (χ3v) is 3.66. The molecule has 2 rings (SSSR count). The number of hydrogen-bond donors (Lipinski definition) is 3. The van der Waals surface area contributed by atoms with Gasteiger partial charge in [-0.25, -0.2) is 4.79 Å². The first-order valence-electron chi connectivity index (χ1n) is 7.32. The molecule has 6 heteroatoms. The predicted molar refractivity (Wildman–Crippen MR) is 84.4 cm³/mol. The zero-order valence-electron chi connectivity index (χ0n) is 12.7. The molecule has 0 fully saturated rings. The number of benzene rings is 1. The van der Waals surface area contributed by atoms with Crippen LogP contribution in [0.3, 0.4) is 0 Å². The predicted octanol–water partition coefficient (Wildman–Crippen LogP) is -0.0614. The SMILES string of the molecule is Cn1c(=O)n(C)c2cc(CNCCCNCCO)ccc21. The number of rotatable bonds is 8. The van der Waals surface area contributed by atoms with Gasteiger partial charge in [-0.2, -0.15) is 0 Å². The van der Waals surface area contributed by atoms with Crippen LogP contribution < -0.4 is 16.3 Å². The summed E-state index contributed by atoms with van der Waals surface area (Å²) in [7, 11) is 3.59. The smallest absolute Gasteiger partial charge is 0.328 e. The van der Waals surface area contributed by atoms with Gasteiger partial charge in [-0.3, -0.25) is 9.13 Å². The largest absolute Gasteiger partial charge is 0.395 e. The number of fused-ring (bicyclic) bond motifs is 1. The Morgan fingerprint density at radius 2 is 1.76 bits per heavy atom. The van der Waals surface area contributed by atoms with E-state index in [1.54, 1.807) is 23.2 Å². The summed E-state index contributed by atoms with van der Waals surface area (Å²) >= 11 is 0. The topological polar surface area (TPSA) is 71.2 Å². The van der Waals surface area contributed by atoms with Gasteiger partial charge in [0, 0.05) is 27.2 Å². The van der Waals surface area contributed by atoms with Crippen LogP contribution in [0.1, 0.15) is 12.0 Å². The molecule has 0 aliphatic rings. The molecule has 0 saturated heterocycles. The van der Waals surface area contributed by atoms with Gasteiger partial charge in [-0.1, -0.05) is 6.07 Å². The first kappa shape index (κ1) is 15.8. The molecule has 21 heavy (non-hydrogen) atoms. The van der Waals surface area contributed by atoms with Crippen LogP contribution in [0.2, 0.25) is 0 Å². The van der Waals surface area contributed by atoms with Gasteiger partial charge < -0.3 is 15.7 Å². The summed E-state index contributed by atoms with van der Waals surface area (Å²) < 4.78 is 3.34. The fourth-order valence-electron chi connectivity index (χ4n) is 2.44. The quantitative estimate of drug-likeness (QED) is 0.596. The summed E-state index contributed by atoms with van der Waals surface area (Å²) in [5.41, 5.74) is 3.10. The van der Waals surface area contributed by atoms with Crippen molar-refractivity contribution in [3.05, 3.63) is 34.2 Å². The molecule has 0 atom stereocenters. The Hall–Kier alpha value is -1.63. The Morgan fingerprint density at radius 1 is 1.05 bits per heavy atom. The molecule has 0 spiro atoms. The van der Waals surface area contributed by atoms with Gasteiger partial charge in [0.05, 0.1) is 17.6 Å². The highest BCUT2D eigenvalue weighted by Gasteiger charge is 2.07. The number of aryl methyl sites for hydroxylation is 2. The summed E-state index contributed by atoms with van der Waals surface area (Å²) in [6.07, 6.45) is 1.02. The van der Waals surface area contributed by atoms with Crippen molar-refractivity contribution in [2.24, 2.45) is 14.1 Å². The van der Waals surface area contributed by atoms with Gasteiger partial charge in [0.15, 0.2) is 0 Å². The van der Waals surface area contributed by atoms with Crippen LogP contribution in [0.4, 0.5) is 0 Å². The number of aliphatic hydroxyl groups is 1. The number of nitrogens with one attached hydrogen (secondary N) is 2. The van der Waals surface area contributed by atoms with E-state index in [0.717, 1.165) is 37.1 Å². The molecular weight excluding hydrogens is 268 g/mol. The van der Waals surface area contributed by atoms with E-state index in [2.05, 4.69) is 22.8 Å². The fourth-order valence-corrected chi connectivity index (χ4v) is 2.44. The lowest BCUT2D eigenvalue weighted by atomic mass is 10.2. The lowest BCUT2D eigenvalue weighted by molar-refractivity contribution is 0.292. The van der Waals surface area contributed by atoms with Gasteiger partial charge >= 0.3 is 5.69 Å². The number of aliphatic hydroxyl groups excluding tert-OH is 1.